The summed E-state index contributed by atoms with van der Waals surface area (Å²) < 4.78 is 44.7. The summed E-state index contributed by atoms with van der Waals surface area (Å²) in [4.78, 5) is 37.2. The van der Waals surface area contributed by atoms with E-state index in [2.05, 4.69) is 13.5 Å². The Bertz CT molecular complexity index is 1100. The zero-order valence-corrected chi connectivity index (χ0v) is 21.7. The first-order valence-corrected chi connectivity index (χ1v) is 13.0. The summed E-state index contributed by atoms with van der Waals surface area (Å²) in [5.41, 5.74) is 3.36. The lowest BCUT2D eigenvalue weighted by Crippen LogP contribution is -2.61. The maximum atomic E-state index is 15.2. The van der Waals surface area contributed by atoms with Gasteiger partial charge in [0.1, 0.15) is 11.4 Å². The Balaban J connectivity index is 1.36. The van der Waals surface area contributed by atoms with E-state index in [0.29, 0.717) is 23.8 Å². The molecule has 38 heavy (non-hydrogen) atoms. The Morgan fingerprint density at radius 1 is 1.18 bits per heavy atom. The van der Waals surface area contributed by atoms with E-state index in [4.69, 9.17) is 19.9 Å². The third-order valence-corrected chi connectivity index (χ3v) is 8.12. The number of hydrogen-bond donors (Lipinski definition) is 2. The highest BCUT2D eigenvalue weighted by atomic mass is 19.1. The minimum Gasteiger partial charge on any atom is -0.479 e. The quantitative estimate of drug-likeness (QED) is 0.261. The van der Waals surface area contributed by atoms with Gasteiger partial charge in [0.2, 0.25) is 12.0 Å². The molecule has 3 unspecified atom stereocenters. The fourth-order valence-electron chi connectivity index (χ4n) is 6.36. The zero-order chi connectivity index (χ0) is 27.8. The summed E-state index contributed by atoms with van der Waals surface area (Å²) in [6.07, 6.45) is 1.15. The SMILES string of the molecule is C=C1CC(C)CC(CCC(=O)O[C@@H](C)OC(=O)[C@@]2(N)C3[C@@H](C[C@H]2OCc2ccc(F)cc2)[C@]3(F)C(=O)O)C1. The van der Waals surface area contributed by atoms with Crippen molar-refractivity contribution in [3.05, 3.63) is 47.8 Å². The van der Waals surface area contributed by atoms with Crippen molar-refractivity contribution in [1.29, 1.82) is 0 Å². The van der Waals surface area contributed by atoms with Gasteiger partial charge in [-0.2, -0.15) is 0 Å². The van der Waals surface area contributed by atoms with Crippen molar-refractivity contribution in [3.63, 3.8) is 0 Å². The van der Waals surface area contributed by atoms with Gasteiger partial charge in [-0.15, -0.1) is 0 Å². The van der Waals surface area contributed by atoms with E-state index in [0.717, 1.165) is 19.3 Å². The molecule has 10 heteroatoms. The van der Waals surface area contributed by atoms with Crippen LogP contribution in [0.3, 0.4) is 0 Å². The Labute approximate surface area is 220 Å². The first-order chi connectivity index (χ1) is 17.8. The van der Waals surface area contributed by atoms with Crippen LogP contribution in [0.5, 0.6) is 0 Å². The maximum absolute atomic E-state index is 15.2. The van der Waals surface area contributed by atoms with Crippen molar-refractivity contribution in [2.75, 3.05) is 0 Å². The first-order valence-electron chi connectivity index (χ1n) is 13.0. The van der Waals surface area contributed by atoms with Crippen LogP contribution < -0.4 is 5.73 Å². The molecule has 4 rings (SSSR count). The third-order valence-electron chi connectivity index (χ3n) is 8.12. The van der Waals surface area contributed by atoms with Crippen molar-refractivity contribution < 1.29 is 42.5 Å². The lowest BCUT2D eigenvalue weighted by Gasteiger charge is -2.34. The van der Waals surface area contributed by atoms with Crippen molar-refractivity contribution in [1.82, 2.24) is 0 Å². The molecule has 0 aromatic heterocycles. The molecule has 3 aliphatic carbocycles. The van der Waals surface area contributed by atoms with Gasteiger partial charge in [0.05, 0.1) is 12.7 Å². The normalized spacial score (nSPS) is 34.8. The number of halogens is 2. The van der Waals surface area contributed by atoms with Gasteiger partial charge in [-0.1, -0.05) is 31.2 Å². The van der Waals surface area contributed by atoms with Crippen LogP contribution in [0.2, 0.25) is 0 Å². The standard InChI is InChI=1S/C28H35F2NO7/c1-15-10-16(2)12-19(11-15)6-9-23(32)37-17(3)38-26(35)28(31)22(13-21-24(28)27(21,30)25(33)34)36-14-18-4-7-20(29)8-5-18/h4-5,7-8,16-17,19,21-22,24H,1,6,9-14,31H2,2-3H3,(H,33,34)/t16?,17-,19?,21-,22-,24?,27-,28+/m1/s1. The van der Waals surface area contributed by atoms with Crippen LogP contribution in [-0.4, -0.2) is 46.6 Å². The number of carboxylic acids is 1. The average Bonchev–Trinajstić information content (AvgIpc) is 3.32. The van der Waals surface area contributed by atoms with E-state index in [1.807, 2.05) is 0 Å². The number of esters is 2. The topological polar surface area (TPSA) is 125 Å². The van der Waals surface area contributed by atoms with E-state index in [1.165, 1.54) is 36.8 Å². The van der Waals surface area contributed by atoms with Crippen molar-refractivity contribution in [2.24, 2.45) is 29.4 Å². The van der Waals surface area contributed by atoms with E-state index in [9.17, 15) is 23.9 Å². The fraction of sp³-hybridized carbons (Fsp3) is 0.607. The number of carbonyl (C=O) groups excluding carboxylic acids is 2. The Kier molecular flexibility index (Phi) is 7.95. The maximum Gasteiger partial charge on any atom is 0.342 e. The molecule has 0 aliphatic heterocycles. The minimum absolute atomic E-state index is 0.0558. The van der Waals surface area contributed by atoms with E-state index in [-0.39, 0.29) is 19.4 Å². The Morgan fingerprint density at radius 3 is 2.50 bits per heavy atom. The van der Waals surface area contributed by atoms with Crippen molar-refractivity contribution in [3.8, 4) is 0 Å². The molecule has 3 fully saturated rings. The van der Waals surface area contributed by atoms with Crippen LogP contribution >= 0.6 is 0 Å². The number of aliphatic carboxylic acids is 1. The molecular weight excluding hydrogens is 500 g/mol. The van der Waals surface area contributed by atoms with Crippen molar-refractivity contribution in [2.45, 2.75) is 82.6 Å². The molecule has 0 bridgehead atoms. The smallest absolute Gasteiger partial charge is 0.342 e. The molecule has 8 nitrogen and oxygen atoms in total. The summed E-state index contributed by atoms with van der Waals surface area (Å²) in [7, 11) is 0. The number of benzene rings is 1. The van der Waals surface area contributed by atoms with Gasteiger partial charge in [-0.05, 0) is 61.6 Å². The second-order valence-electron chi connectivity index (χ2n) is 11.1. The van der Waals surface area contributed by atoms with Crippen LogP contribution in [0.25, 0.3) is 0 Å². The van der Waals surface area contributed by atoms with Crippen LogP contribution in [0, 0.1) is 29.5 Å². The molecule has 3 saturated carbocycles. The molecule has 1 aromatic rings. The van der Waals surface area contributed by atoms with Gasteiger partial charge in [0.25, 0.3) is 0 Å². The number of nitrogens with two attached hydrogens (primary N) is 1. The predicted molar refractivity (Wildman–Crippen MR) is 131 cm³/mol. The molecule has 8 atom stereocenters. The van der Waals surface area contributed by atoms with Crippen LogP contribution in [0.15, 0.2) is 36.4 Å². The number of alkyl halides is 1. The monoisotopic (exact) mass is 535 g/mol. The molecule has 0 amide bonds. The molecule has 3 aliphatic rings. The largest absolute Gasteiger partial charge is 0.479 e. The van der Waals surface area contributed by atoms with E-state index >= 15 is 4.39 Å². The second kappa shape index (κ2) is 10.7. The van der Waals surface area contributed by atoms with Crippen LogP contribution in [0.4, 0.5) is 8.78 Å². The van der Waals surface area contributed by atoms with E-state index in [1.54, 1.807) is 0 Å². The number of rotatable bonds is 10. The molecule has 3 N–H and O–H groups in total. The molecule has 0 radical (unpaired) electrons. The van der Waals surface area contributed by atoms with Crippen molar-refractivity contribution >= 4 is 17.9 Å². The number of hydrogen-bond acceptors (Lipinski definition) is 7. The summed E-state index contributed by atoms with van der Waals surface area (Å²) in [6, 6.07) is 5.47. The molecule has 0 heterocycles. The van der Waals surface area contributed by atoms with Gasteiger partial charge in [-0.25, -0.2) is 18.4 Å². The molecule has 0 spiro atoms. The number of carbonyl (C=O) groups is 3. The minimum atomic E-state index is -2.68. The van der Waals surface area contributed by atoms with Gasteiger partial charge in [0, 0.05) is 25.2 Å². The highest BCUT2D eigenvalue weighted by molar-refractivity contribution is 5.91. The van der Waals surface area contributed by atoms with Crippen LogP contribution in [-0.2, 0) is 35.2 Å². The Hall–Kier alpha value is -2.85. The molecular formula is C28H35F2NO7. The summed E-state index contributed by atoms with van der Waals surface area (Å²) in [6.45, 7) is 7.51. The lowest BCUT2D eigenvalue weighted by molar-refractivity contribution is -0.193. The zero-order valence-electron chi connectivity index (χ0n) is 21.7. The number of ether oxygens (including phenoxy) is 3. The van der Waals surface area contributed by atoms with Gasteiger partial charge >= 0.3 is 17.9 Å². The summed E-state index contributed by atoms with van der Waals surface area (Å²) >= 11 is 0. The summed E-state index contributed by atoms with van der Waals surface area (Å²) in [5.74, 6) is -5.32. The number of allylic oxidation sites excluding steroid dienone is 1. The lowest BCUT2D eigenvalue weighted by atomic mass is 9.78. The van der Waals surface area contributed by atoms with Gasteiger partial charge in [0.15, 0.2) is 0 Å². The van der Waals surface area contributed by atoms with Crippen LogP contribution in [0.1, 0.15) is 57.9 Å². The molecule has 0 saturated heterocycles. The highest BCUT2D eigenvalue weighted by Crippen LogP contribution is 2.67. The molecule has 1 aromatic carbocycles. The second-order valence-corrected chi connectivity index (χ2v) is 11.1. The number of fused-ring (bicyclic) bond motifs is 1. The number of carboxylic acid groups (broad SMARTS) is 1. The summed E-state index contributed by atoms with van der Waals surface area (Å²) in [5, 5.41) is 9.42. The first kappa shape index (κ1) is 28.2. The fourth-order valence-corrected chi connectivity index (χ4v) is 6.36. The van der Waals surface area contributed by atoms with E-state index < -0.39 is 59.2 Å². The Morgan fingerprint density at radius 2 is 1.87 bits per heavy atom. The highest BCUT2D eigenvalue weighted by Gasteiger charge is 2.85. The average molecular weight is 536 g/mol. The third kappa shape index (κ3) is 5.47. The van der Waals surface area contributed by atoms with Gasteiger partial charge < -0.3 is 25.1 Å². The molecule has 208 valence electrons. The predicted octanol–water partition coefficient (Wildman–Crippen LogP) is 4.06. The van der Waals surface area contributed by atoms with Gasteiger partial charge in [-0.3, -0.25) is 4.79 Å².